The van der Waals surface area contributed by atoms with Crippen molar-refractivity contribution < 1.29 is 13.2 Å². The number of hydrogen-bond acceptors (Lipinski definition) is 3. The van der Waals surface area contributed by atoms with Crippen LogP contribution in [-0.4, -0.2) is 26.6 Å². The van der Waals surface area contributed by atoms with Crippen molar-refractivity contribution in [2.45, 2.75) is 17.7 Å². The number of hydrogen-bond donors (Lipinski definition) is 1. The summed E-state index contributed by atoms with van der Waals surface area (Å²) in [6.07, 6.45) is 0. The zero-order valence-electron chi connectivity index (χ0n) is 15.7. The van der Waals surface area contributed by atoms with Crippen LogP contribution in [0.4, 0.5) is 0 Å². The Morgan fingerprint density at radius 2 is 1.32 bits per heavy atom. The summed E-state index contributed by atoms with van der Waals surface area (Å²) in [7, 11) is -3.48. The molecule has 0 bridgehead atoms. The third kappa shape index (κ3) is 4.49. The Balaban J connectivity index is 1.86. The monoisotopic (exact) mass is 393 g/mol. The normalized spacial score (nSPS) is 11.4. The van der Waals surface area contributed by atoms with Gasteiger partial charge in [0.1, 0.15) is 0 Å². The lowest BCUT2D eigenvalue weighted by Crippen LogP contribution is -2.30. The van der Waals surface area contributed by atoms with Crippen LogP contribution in [0.2, 0.25) is 0 Å². The molecule has 3 aromatic carbocycles. The van der Waals surface area contributed by atoms with Crippen molar-refractivity contribution in [3.63, 3.8) is 0 Å². The van der Waals surface area contributed by atoms with Crippen LogP contribution in [0.25, 0.3) is 0 Å². The average molecular weight is 394 g/mol. The molecular formula is C23H23NO3S. The lowest BCUT2D eigenvalue weighted by Gasteiger charge is -2.19. The first kappa shape index (κ1) is 19.8. The molecule has 0 saturated carbocycles. The summed E-state index contributed by atoms with van der Waals surface area (Å²) in [6.45, 7) is 1.94. The Morgan fingerprint density at radius 3 is 1.86 bits per heavy atom. The van der Waals surface area contributed by atoms with E-state index in [0.717, 1.165) is 11.1 Å². The van der Waals surface area contributed by atoms with Crippen LogP contribution in [0.5, 0.6) is 0 Å². The summed E-state index contributed by atoms with van der Waals surface area (Å²) >= 11 is 0. The van der Waals surface area contributed by atoms with Gasteiger partial charge in [0, 0.05) is 12.5 Å². The molecule has 3 rings (SSSR count). The van der Waals surface area contributed by atoms with Gasteiger partial charge in [-0.2, -0.15) is 0 Å². The van der Waals surface area contributed by atoms with E-state index in [1.807, 2.05) is 60.7 Å². The molecule has 0 aliphatic carbocycles. The van der Waals surface area contributed by atoms with E-state index in [1.165, 1.54) is 6.07 Å². The number of sulfone groups is 1. The van der Waals surface area contributed by atoms with Gasteiger partial charge in [0.25, 0.3) is 5.91 Å². The first-order chi connectivity index (χ1) is 13.5. The highest BCUT2D eigenvalue weighted by Gasteiger charge is 2.22. The Hall–Kier alpha value is -2.92. The van der Waals surface area contributed by atoms with Crippen molar-refractivity contribution in [2.24, 2.45) is 0 Å². The van der Waals surface area contributed by atoms with Crippen molar-refractivity contribution in [1.29, 1.82) is 0 Å². The molecule has 5 heteroatoms. The lowest BCUT2D eigenvalue weighted by molar-refractivity contribution is 0.0949. The van der Waals surface area contributed by atoms with Gasteiger partial charge in [0.15, 0.2) is 9.84 Å². The number of rotatable bonds is 7. The minimum Gasteiger partial charge on any atom is -0.351 e. The van der Waals surface area contributed by atoms with Gasteiger partial charge in [-0.3, -0.25) is 4.79 Å². The SMILES string of the molecule is CCS(=O)(=O)c1ccccc1C(=O)NCC(c1ccccc1)c1ccccc1. The summed E-state index contributed by atoms with van der Waals surface area (Å²) in [6, 6.07) is 26.2. The molecule has 4 nitrogen and oxygen atoms in total. The van der Waals surface area contributed by atoms with Gasteiger partial charge in [0.2, 0.25) is 0 Å². The second-order valence-electron chi connectivity index (χ2n) is 6.48. The van der Waals surface area contributed by atoms with Crippen LogP contribution in [0.15, 0.2) is 89.8 Å². The fraction of sp³-hybridized carbons (Fsp3) is 0.174. The molecule has 3 aromatic rings. The smallest absolute Gasteiger partial charge is 0.252 e. The Kier molecular flexibility index (Phi) is 6.26. The minimum absolute atomic E-state index is 0.0266. The molecule has 0 radical (unpaired) electrons. The van der Waals surface area contributed by atoms with E-state index < -0.39 is 9.84 Å². The molecule has 28 heavy (non-hydrogen) atoms. The van der Waals surface area contributed by atoms with Gasteiger partial charge in [-0.15, -0.1) is 0 Å². The van der Waals surface area contributed by atoms with Crippen LogP contribution in [0.3, 0.4) is 0 Å². The zero-order valence-corrected chi connectivity index (χ0v) is 16.5. The highest BCUT2D eigenvalue weighted by Crippen LogP contribution is 2.24. The maximum absolute atomic E-state index is 12.8. The van der Waals surface area contributed by atoms with E-state index in [0.29, 0.717) is 6.54 Å². The summed E-state index contributed by atoms with van der Waals surface area (Å²) in [5.41, 5.74) is 2.36. The molecule has 0 aromatic heterocycles. The second-order valence-corrected chi connectivity index (χ2v) is 8.73. The van der Waals surface area contributed by atoms with E-state index in [1.54, 1.807) is 25.1 Å². The minimum atomic E-state index is -3.48. The Morgan fingerprint density at radius 1 is 0.821 bits per heavy atom. The lowest BCUT2D eigenvalue weighted by atomic mass is 9.91. The number of carbonyl (C=O) groups is 1. The predicted molar refractivity (Wildman–Crippen MR) is 111 cm³/mol. The first-order valence-corrected chi connectivity index (χ1v) is 10.9. The zero-order chi connectivity index (χ0) is 20.0. The van der Waals surface area contributed by atoms with Gasteiger partial charge in [-0.05, 0) is 23.3 Å². The molecule has 0 heterocycles. The van der Waals surface area contributed by atoms with Gasteiger partial charge >= 0.3 is 0 Å². The fourth-order valence-electron chi connectivity index (χ4n) is 3.17. The molecule has 0 fully saturated rings. The molecule has 1 amide bonds. The summed E-state index contributed by atoms with van der Waals surface area (Å²) in [5.74, 6) is -0.459. The number of carbonyl (C=O) groups excluding carboxylic acids is 1. The molecule has 0 spiro atoms. The second kappa shape index (κ2) is 8.85. The molecule has 0 unspecified atom stereocenters. The molecule has 0 saturated heterocycles. The maximum Gasteiger partial charge on any atom is 0.252 e. The summed E-state index contributed by atoms with van der Waals surface area (Å²) < 4.78 is 24.7. The topological polar surface area (TPSA) is 63.2 Å². The van der Waals surface area contributed by atoms with Crippen molar-refractivity contribution in [1.82, 2.24) is 5.32 Å². The quantitative estimate of drug-likeness (QED) is 0.659. The molecule has 144 valence electrons. The van der Waals surface area contributed by atoms with E-state index in [-0.39, 0.29) is 28.0 Å². The Bertz CT molecular complexity index is 992. The fourth-order valence-corrected chi connectivity index (χ4v) is 4.26. The van der Waals surface area contributed by atoms with Gasteiger partial charge < -0.3 is 5.32 Å². The number of amides is 1. The van der Waals surface area contributed by atoms with Crippen LogP contribution >= 0.6 is 0 Å². The van der Waals surface area contributed by atoms with E-state index in [9.17, 15) is 13.2 Å². The molecular weight excluding hydrogens is 370 g/mol. The van der Waals surface area contributed by atoms with Gasteiger partial charge in [-0.25, -0.2) is 8.42 Å². The maximum atomic E-state index is 12.8. The van der Waals surface area contributed by atoms with E-state index in [2.05, 4.69) is 5.32 Å². The number of benzene rings is 3. The van der Waals surface area contributed by atoms with Crippen LogP contribution < -0.4 is 5.32 Å². The molecule has 0 atom stereocenters. The number of nitrogens with one attached hydrogen (secondary N) is 1. The summed E-state index contributed by atoms with van der Waals surface area (Å²) in [5, 5.41) is 2.93. The van der Waals surface area contributed by atoms with Crippen molar-refractivity contribution in [2.75, 3.05) is 12.3 Å². The summed E-state index contributed by atoms with van der Waals surface area (Å²) in [4.78, 5) is 12.9. The van der Waals surface area contributed by atoms with E-state index in [4.69, 9.17) is 0 Å². The van der Waals surface area contributed by atoms with Crippen LogP contribution in [0, 0.1) is 0 Å². The predicted octanol–water partition coefficient (Wildman–Crippen LogP) is 4.04. The Labute approximate surface area is 166 Å². The molecule has 0 aliphatic heterocycles. The average Bonchev–Trinajstić information content (AvgIpc) is 2.75. The van der Waals surface area contributed by atoms with Gasteiger partial charge in [-0.1, -0.05) is 79.7 Å². The van der Waals surface area contributed by atoms with Crippen molar-refractivity contribution in [3.05, 3.63) is 102 Å². The van der Waals surface area contributed by atoms with Crippen LogP contribution in [0.1, 0.15) is 34.3 Å². The standard InChI is InChI=1S/C23H23NO3S/c1-2-28(26,27)22-16-10-9-15-20(22)23(25)24-17-21(18-11-5-3-6-12-18)19-13-7-4-8-14-19/h3-16,21H,2,17H2,1H3,(H,24,25). The van der Waals surface area contributed by atoms with Crippen LogP contribution in [-0.2, 0) is 9.84 Å². The third-order valence-electron chi connectivity index (χ3n) is 4.72. The van der Waals surface area contributed by atoms with Crippen molar-refractivity contribution >= 4 is 15.7 Å². The molecule has 1 N–H and O–H groups in total. The largest absolute Gasteiger partial charge is 0.351 e. The highest BCUT2D eigenvalue weighted by molar-refractivity contribution is 7.91. The highest BCUT2D eigenvalue weighted by atomic mass is 32.2. The van der Waals surface area contributed by atoms with E-state index >= 15 is 0 Å². The third-order valence-corrected chi connectivity index (χ3v) is 6.50. The van der Waals surface area contributed by atoms with Gasteiger partial charge in [0.05, 0.1) is 16.2 Å². The van der Waals surface area contributed by atoms with Crippen molar-refractivity contribution in [3.8, 4) is 0 Å². The first-order valence-electron chi connectivity index (χ1n) is 9.23. The molecule has 0 aliphatic rings.